The van der Waals surface area contributed by atoms with Crippen molar-refractivity contribution in [3.8, 4) is 45.3 Å². The van der Waals surface area contributed by atoms with E-state index in [1.165, 1.54) is 21.5 Å². The SMILES string of the molecule is Clc1ccc(-c2nc(-c3ccccc3)nc(-c3ccccc3-c3ccc4c(ccc5ccccc54)c3)n2)cc1. The van der Waals surface area contributed by atoms with Crippen molar-refractivity contribution in [3.05, 3.63) is 138 Å². The predicted molar refractivity (Wildman–Crippen MR) is 162 cm³/mol. The molecule has 7 aromatic rings. The zero-order chi connectivity index (χ0) is 26.2. The third-order valence-electron chi connectivity index (χ3n) is 6.99. The van der Waals surface area contributed by atoms with Crippen LogP contribution in [0.4, 0.5) is 0 Å². The lowest BCUT2D eigenvalue weighted by molar-refractivity contribution is 1.07. The molecule has 0 spiro atoms. The summed E-state index contributed by atoms with van der Waals surface area (Å²) in [7, 11) is 0. The van der Waals surface area contributed by atoms with E-state index in [0.717, 1.165) is 27.8 Å². The maximum Gasteiger partial charge on any atom is 0.164 e. The van der Waals surface area contributed by atoms with Crippen molar-refractivity contribution in [2.45, 2.75) is 0 Å². The number of hydrogen-bond donors (Lipinski definition) is 0. The third kappa shape index (κ3) is 4.43. The second-order valence-corrected chi connectivity index (χ2v) is 9.88. The van der Waals surface area contributed by atoms with Crippen molar-refractivity contribution in [2.24, 2.45) is 0 Å². The number of aromatic nitrogens is 3. The van der Waals surface area contributed by atoms with Crippen LogP contribution in [0.5, 0.6) is 0 Å². The van der Waals surface area contributed by atoms with Crippen LogP contribution in [0.1, 0.15) is 0 Å². The molecule has 0 saturated carbocycles. The molecule has 0 aliphatic heterocycles. The van der Waals surface area contributed by atoms with Crippen molar-refractivity contribution in [1.29, 1.82) is 0 Å². The largest absolute Gasteiger partial charge is 0.208 e. The van der Waals surface area contributed by atoms with Crippen LogP contribution in [0.25, 0.3) is 66.8 Å². The fourth-order valence-electron chi connectivity index (χ4n) is 5.05. The normalized spacial score (nSPS) is 11.2. The summed E-state index contributed by atoms with van der Waals surface area (Å²) >= 11 is 6.16. The highest BCUT2D eigenvalue weighted by Gasteiger charge is 2.16. The maximum atomic E-state index is 6.16. The summed E-state index contributed by atoms with van der Waals surface area (Å²) in [5.74, 6) is 1.86. The van der Waals surface area contributed by atoms with Crippen LogP contribution in [0, 0.1) is 0 Å². The van der Waals surface area contributed by atoms with Gasteiger partial charge in [-0.05, 0) is 63.0 Å². The lowest BCUT2D eigenvalue weighted by Crippen LogP contribution is -2.01. The smallest absolute Gasteiger partial charge is 0.164 e. The monoisotopic (exact) mass is 519 g/mol. The van der Waals surface area contributed by atoms with Gasteiger partial charge >= 0.3 is 0 Å². The average Bonchev–Trinajstić information content (AvgIpc) is 3.01. The van der Waals surface area contributed by atoms with Crippen LogP contribution in [-0.2, 0) is 0 Å². The van der Waals surface area contributed by atoms with Gasteiger partial charge in [0.1, 0.15) is 0 Å². The third-order valence-corrected chi connectivity index (χ3v) is 7.25. The molecule has 1 heterocycles. The Kier molecular flexibility index (Phi) is 5.84. The molecule has 6 aromatic carbocycles. The predicted octanol–water partition coefficient (Wildman–Crippen LogP) is 9.50. The van der Waals surface area contributed by atoms with Crippen LogP contribution < -0.4 is 0 Å². The molecular formula is C35H22ClN3. The van der Waals surface area contributed by atoms with Gasteiger partial charge in [0, 0.05) is 21.7 Å². The second kappa shape index (κ2) is 9.79. The van der Waals surface area contributed by atoms with Crippen molar-refractivity contribution in [1.82, 2.24) is 15.0 Å². The van der Waals surface area contributed by atoms with E-state index < -0.39 is 0 Å². The second-order valence-electron chi connectivity index (χ2n) is 9.45. The first-order chi connectivity index (χ1) is 19.2. The van der Waals surface area contributed by atoms with Gasteiger partial charge in [0.25, 0.3) is 0 Å². The minimum Gasteiger partial charge on any atom is -0.208 e. The molecule has 7 rings (SSSR count). The summed E-state index contributed by atoms with van der Waals surface area (Å²) < 4.78 is 0. The maximum absolute atomic E-state index is 6.16. The Bertz CT molecular complexity index is 1970. The number of halogens is 1. The molecule has 0 saturated heterocycles. The van der Waals surface area contributed by atoms with Gasteiger partial charge in [-0.25, -0.2) is 15.0 Å². The molecule has 0 aliphatic rings. The van der Waals surface area contributed by atoms with E-state index in [9.17, 15) is 0 Å². The van der Waals surface area contributed by atoms with Crippen molar-refractivity contribution in [3.63, 3.8) is 0 Å². The van der Waals surface area contributed by atoms with Crippen molar-refractivity contribution < 1.29 is 0 Å². The van der Waals surface area contributed by atoms with Gasteiger partial charge in [0.15, 0.2) is 17.5 Å². The van der Waals surface area contributed by atoms with Crippen LogP contribution in [-0.4, -0.2) is 15.0 Å². The minimum absolute atomic E-state index is 0.607. The van der Waals surface area contributed by atoms with Gasteiger partial charge in [0.2, 0.25) is 0 Å². The van der Waals surface area contributed by atoms with Crippen LogP contribution in [0.15, 0.2) is 133 Å². The molecule has 0 atom stereocenters. The van der Waals surface area contributed by atoms with E-state index >= 15 is 0 Å². The highest BCUT2D eigenvalue weighted by atomic mass is 35.5. The first kappa shape index (κ1) is 23.3. The Morgan fingerprint density at radius 3 is 1.74 bits per heavy atom. The Balaban J connectivity index is 1.41. The highest BCUT2D eigenvalue weighted by Crippen LogP contribution is 2.35. The van der Waals surface area contributed by atoms with Crippen LogP contribution in [0.2, 0.25) is 5.02 Å². The van der Waals surface area contributed by atoms with Crippen molar-refractivity contribution in [2.75, 3.05) is 0 Å². The molecule has 3 nitrogen and oxygen atoms in total. The van der Waals surface area contributed by atoms with E-state index in [2.05, 4.69) is 72.8 Å². The molecule has 0 radical (unpaired) electrons. The Hall–Kier alpha value is -4.86. The highest BCUT2D eigenvalue weighted by molar-refractivity contribution is 6.30. The molecule has 39 heavy (non-hydrogen) atoms. The van der Waals surface area contributed by atoms with Crippen LogP contribution in [0.3, 0.4) is 0 Å². The topological polar surface area (TPSA) is 38.7 Å². The molecule has 1 aromatic heterocycles. The number of benzene rings is 6. The lowest BCUT2D eigenvalue weighted by Gasteiger charge is -2.13. The van der Waals surface area contributed by atoms with Crippen molar-refractivity contribution >= 4 is 33.1 Å². The number of nitrogens with zero attached hydrogens (tertiary/aromatic N) is 3. The van der Waals surface area contributed by atoms with Crippen LogP contribution >= 0.6 is 11.6 Å². The number of hydrogen-bond acceptors (Lipinski definition) is 3. The molecule has 0 amide bonds. The Morgan fingerprint density at radius 2 is 0.949 bits per heavy atom. The molecule has 4 heteroatoms. The molecule has 0 unspecified atom stereocenters. The first-order valence-corrected chi connectivity index (χ1v) is 13.2. The summed E-state index contributed by atoms with van der Waals surface area (Å²) in [6, 6.07) is 45.4. The molecule has 184 valence electrons. The minimum atomic E-state index is 0.607. The summed E-state index contributed by atoms with van der Waals surface area (Å²) in [4.78, 5) is 14.7. The fourth-order valence-corrected chi connectivity index (χ4v) is 5.18. The number of fused-ring (bicyclic) bond motifs is 3. The van der Waals surface area contributed by atoms with Gasteiger partial charge in [-0.1, -0.05) is 115 Å². The quantitative estimate of drug-likeness (QED) is 0.217. The van der Waals surface area contributed by atoms with E-state index in [1.54, 1.807) is 0 Å². The van der Waals surface area contributed by atoms with Gasteiger partial charge < -0.3 is 0 Å². The van der Waals surface area contributed by atoms with Gasteiger partial charge in [-0.3, -0.25) is 0 Å². The zero-order valence-corrected chi connectivity index (χ0v) is 21.7. The summed E-state index contributed by atoms with van der Waals surface area (Å²) in [6.07, 6.45) is 0. The van der Waals surface area contributed by atoms with E-state index in [0.29, 0.717) is 22.5 Å². The lowest BCUT2D eigenvalue weighted by atomic mass is 9.95. The first-order valence-electron chi connectivity index (χ1n) is 12.8. The van der Waals surface area contributed by atoms with Gasteiger partial charge in [-0.2, -0.15) is 0 Å². The standard InChI is InChI=1S/C35H22ClN3/c36-28-19-16-25(17-20-28)34-37-33(24-9-2-1-3-10-24)38-35(39-34)32-13-7-6-12-30(32)27-18-21-31-26(22-27)15-14-23-8-4-5-11-29(23)31/h1-22H. The molecule has 0 aliphatic carbocycles. The fraction of sp³-hybridized carbons (Fsp3) is 0. The Morgan fingerprint density at radius 1 is 0.385 bits per heavy atom. The molecule has 0 N–H and O–H groups in total. The average molecular weight is 520 g/mol. The number of rotatable bonds is 4. The summed E-state index contributed by atoms with van der Waals surface area (Å²) in [6.45, 7) is 0. The van der Waals surface area contributed by atoms with E-state index in [4.69, 9.17) is 26.6 Å². The van der Waals surface area contributed by atoms with E-state index in [-0.39, 0.29) is 0 Å². The van der Waals surface area contributed by atoms with E-state index in [1.807, 2.05) is 60.7 Å². The zero-order valence-electron chi connectivity index (χ0n) is 20.9. The van der Waals surface area contributed by atoms with Gasteiger partial charge in [-0.15, -0.1) is 0 Å². The van der Waals surface area contributed by atoms with Gasteiger partial charge in [0.05, 0.1) is 0 Å². The summed E-state index contributed by atoms with van der Waals surface area (Å²) in [5, 5.41) is 5.61. The summed E-state index contributed by atoms with van der Waals surface area (Å²) in [5.41, 5.74) is 4.96. The molecular weight excluding hydrogens is 498 g/mol. The molecule has 0 fully saturated rings. The Labute approximate surface area is 231 Å². The molecule has 0 bridgehead atoms.